The van der Waals surface area contributed by atoms with Gasteiger partial charge in [0.2, 0.25) is 0 Å². The Balaban J connectivity index is 1.48. The van der Waals surface area contributed by atoms with Gasteiger partial charge in [-0.2, -0.15) is 0 Å². The van der Waals surface area contributed by atoms with Crippen molar-refractivity contribution in [1.82, 2.24) is 19.4 Å². The van der Waals surface area contributed by atoms with Crippen LogP contribution in [0, 0.1) is 0 Å². The smallest absolute Gasteiger partial charge is 0.323 e. The molecule has 27 heavy (non-hydrogen) atoms. The van der Waals surface area contributed by atoms with E-state index >= 15 is 0 Å². The van der Waals surface area contributed by atoms with Gasteiger partial charge in [-0.25, -0.2) is 9.97 Å². The van der Waals surface area contributed by atoms with Gasteiger partial charge >= 0.3 is 5.97 Å². The van der Waals surface area contributed by atoms with Crippen molar-refractivity contribution in [3.05, 3.63) is 70.8 Å². The third kappa shape index (κ3) is 4.02. The third-order valence-corrected chi connectivity index (χ3v) is 4.98. The van der Waals surface area contributed by atoms with E-state index in [-0.39, 0.29) is 6.54 Å². The first-order valence-corrected chi connectivity index (χ1v) is 9.15. The van der Waals surface area contributed by atoms with Crippen LogP contribution in [0.15, 0.2) is 48.8 Å². The van der Waals surface area contributed by atoms with E-state index in [1.165, 1.54) is 0 Å². The molecule has 0 atom stereocenters. The zero-order valence-electron chi connectivity index (χ0n) is 14.7. The van der Waals surface area contributed by atoms with E-state index in [0.717, 1.165) is 42.0 Å². The Labute approximate surface area is 162 Å². The van der Waals surface area contributed by atoms with Crippen molar-refractivity contribution in [3.8, 4) is 11.4 Å². The quantitative estimate of drug-likeness (QED) is 0.733. The summed E-state index contributed by atoms with van der Waals surface area (Å²) >= 11 is 5.95. The lowest BCUT2D eigenvalue weighted by molar-refractivity contribution is -0.137. The highest BCUT2D eigenvalue weighted by Gasteiger charge is 2.20. The molecule has 1 aliphatic rings. The minimum absolute atomic E-state index is 0.0136. The Hall–Kier alpha value is -2.70. The number of halogens is 1. The molecule has 0 fully saturated rings. The summed E-state index contributed by atoms with van der Waals surface area (Å²) < 4.78 is 1.78. The molecule has 3 aromatic rings. The van der Waals surface area contributed by atoms with E-state index in [2.05, 4.69) is 9.88 Å². The molecule has 0 aliphatic carbocycles. The fourth-order valence-corrected chi connectivity index (χ4v) is 3.50. The molecule has 2 aromatic heterocycles. The van der Waals surface area contributed by atoms with Gasteiger partial charge in [0.15, 0.2) is 5.82 Å². The summed E-state index contributed by atoms with van der Waals surface area (Å²) in [5.74, 6) is -0.117. The molecular weight excluding hydrogens is 364 g/mol. The van der Waals surface area contributed by atoms with Crippen LogP contribution < -0.4 is 0 Å². The van der Waals surface area contributed by atoms with Crippen molar-refractivity contribution in [1.29, 1.82) is 0 Å². The highest BCUT2D eigenvalue weighted by molar-refractivity contribution is 6.30. The largest absolute Gasteiger partial charge is 0.480 e. The van der Waals surface area contributed by atoms with E-state index in [0.29, 0.717) is 17.4 Å². The predicted molar refractivity (Wildman–Crippen MR) is 102 cm³/mol. The summed E-state index contributed by atoms with van der Waals surface area (Å²) in [5, 5.41) is 9.72. The SMILES string of the molecule is O=C(O)Cn1cccc1CN1CCc2nc(-c3ccc(Cl)cc3)ncc2C1. The van der Waals surface area contributed by atoms with Gasteiger partial charge in [0.25, 0.3) is 0 Å². The molecule has 0 spiro atoms. The average molecular weight is 383 g/mol. The van der Waals surface area contributed by atoms with Crippen molar-refractivity contribution in [2.45, 2.75) is 26.1 Å². The molecule has 0 saturated heterocycles. The Morgan fingerprint density at radius 2 is 2.04 bits per heavy atom. The van der Waals surface area contributed by atoms with Crippen LogP contribution in [0.5, 0.6) is 0 Å². The maximum absolute atomic E-state index is 11.0. The highest BCUT2D eigenvalue weighted by atomic mass is 35.5. The van der Waals surface area contributed by atoms with Gasteiger partial charge in [-0.1, -0.05) is 11.6 Å². The van der Waals surface area contributed by atoms with E-state index in [4.69, 9.17) is 21.7 Å². The van der Waals surface area contributed by atoms with Crippen LogP contribution in [-0.2, 0) is 30.8 Å². The normalized spacial score (nSPS) is 14.1. The van der Waals surface area contributed by atoms with Gasteiger partial charge < -0.3 is 9.67 Å². The predicted octanol–water partition coefficient (Wildman–Crippen LogP) is 3.24. The van der Waals surface area contributed by atoms with Crippen LogP contribution in [0.2, 0.25) is 5.02 Å². The number of carbonyl (C=O) groups is 1. The lowest BCUT2D eigenvalue weighted by Gasteiger charge is -2.28. The second-order valence-electron chi connectivity index (χ2n) is 6.65. The van der Waals surface area contributed by atoms with Crippen LogP contribution >= 0.6 is 11.6 Å². The lowest BCUT2D eigenvalue weighted by atomic mass is 10.1. The molecule has 4 rings (SSSR count). The Morgan fingerprint density at radius 1 is 1.22 bits per heavy atom. The van der Waals surface area contributed by atoms with Gasteiger partial charge in [-0.15, -0.1) is 0 Å². The average Bonchev–Trinajstić information content (AvgIpc) is 3.08. The number of fused-ring (bicyclic) bond motifs is 1. The topological polar surface area (TPSA) is 71.2 Å². The molecule has 1 aromatic carbocycles. The van der Waals surface area contributed by atoms with Crippen LogP contribution in [0.3, 0.4) is 0 Å². The van der Waals surface area contributed by atoms with Crippen molar-refractivity contribution in [2.24, 2.45) is 0 Å². The van der Waals surface area contributed by atoms with E-state index in [9.17, 15) is 4.79 Å². The van der Waals surface area contributed by atoms with E-state index < -0.39 is 5.97 Å². The van der Waals surface area contributed by atoms with Crippen LogP contribution in [0.25, 0.3) is 11.4 Å². The molecule has 1 aliphatic heterocycles. The van der Waals surface area contributed by atoms with Crippen LogP contribution in [-0.4, -0.2) is 37.1 Å². The van der Waals surface area contributed by atoms with Gasteiger partial charge in [-0.3, -0.25) is 9.69 Å². The molecule has 0 saturated carbocycles. The summed E-state index contributed by atoms with van der Waals surface area (Å²) in [7, 11) is 0. The molecule has 3 heterocycles. The molecule has 0 radical (unpaired) electrons. The number of hydrogen-bond donors (Lipinski definition) is 1. The number of hydrogen-bond acceptors (Lipinski definition) is 4. The summed E-state index contributed by atoms with van der Waals surface area (Å²) in [6.45, 7) is 2.33. The maximum atomic E-state index is 11.0. The first-order chi connectivity index (χ1) is 13.1. The zero-order chi connectivity index (χ0) is 18.8. The zero-order valence-corrected chi connectivity index (χ0v) is 15.4. The second-order valence-corrected chi connectivity index (χ2v) is 7.09. The van der Waals surface area contributed by atoms with Gasteiger partial charge in [0.05, 0.1) is 5.69 Å². The van der Waals surface area contributed by atoms with E-state index in [1.807, 2.05) is 48.8 Å². The summed E-state index contributed by atoms with van der Waals surface area (Å²) in [5.41, 5.74) is 4.15. The minimum atomic E-state index is -0.834. The Bertz CT molecular complexity index is 968. The maximum Gasteiger partial charge on any atom is 0.323 e. The monoisotopic (exact) mass is 382 g/mol. The standard InChI is InChI=1S/C20H19ClN4O2/c21-16-5-3-14(4-6-16)20-22-10-15-11-24(9-7-18(15)23-20)12-17-2-1-8-25(17)13-19(26)27/h1-6,8,10H,7,9,11-13H2,(H,26,27). The summed E-state index contributed by atoms with van der Waals surface area (Å²) in [4.78, 5) is 22.5. The van der Waals surface area contributed by atoms with Crippen molar-refractivity contribution in [2.75, 3.05) is 6.54 Å². The first kappa shape index (κ1) is 17.7. The number of aliphatic carboxylic acids is 1. The van der Waals surface area contributed by atoms with Crippen molar-refractivity contribution < 1.29 is 9.90 Å². The molecule has 6 nitrogen and oxygen atoms in total. The number of aromatic nitrogens is 3. The summed E-state index contributed by atoms with van der Waals surface area (Å²) in [6.07, 6.45) is 4.55. The molecule has 0 amide bonds. The number of rotatable bonds is 5. The first-order valence-electron chi connectivity index (χ1n) is 8.77. The molecule has 138 valence electrons. The van der Waals surface area contributed by atoms with Crippen LogP contribution in [0.1, 0.15) is 17.0 Å². The second kappa shape index (κ2) is 7.50. The van der Waals surface area contributed by atoms with Crippen molar-refractivity contribution in [3.63, 3.8) is 0 Å². The molecule has 7 heteroatoms. The van der Waals surface area contributed by atoms with Gasteiger partial charge in [0, 0.05) is 60.3 Å². The fraction of sp³-hybridized carbons (Fsp3) is 0.250. The van der Waals surface area contributed by atoms with Crippen LogP contribution in [0.4, 0.5) is 0 Å². The number of benzene rings is 1. The Morgan fingerprint density at radius 3 is 2.81 bits per heavy atom. The van der Waals surface area contributed by atoms with Crippen molar-refractivity contribution >= 4 is 17.6 Å². The fourth-order valence-electron chi connectivity index (χ4n) is 3.37. The number of nitrogens with zero attached hydrogens (tertiary/aromatic N) is 4. The molecule has 0 bridgehead atoms. The van der Waals surface area contributed by atoms with Gasteiger partial charge in [-0.05, 0) is 36.4 Å². The molecule has 0 unspecified atom stereocenters. The lowest BCUT2D eigenvalue weighted by Crippen LogP contribution is -2.32. The molecular formula is C20H19ClN4O2. The summed E-state index contributed by atoms with van der Waals surface area (Å²) in [6, 6.07) is 11.4. The van der Waals surface area contributed by atoms with E-state index in [1.54, 1.807) is 4.57 Å². The van der Waals surface area contributed by atoms with Gasteiger partial charge in [0.1, 0.15) is 6.54 Å². The minimum Gasteiger partial charge on any atom is -0.480 e. The Kier molecular flexibility index (Phi) is 4.92. The molecule has 1 N–H and O–H groups in total. The number of carboxylic acids is 1. The highest BCUT2D eigenvalue weighted by Crippen LogP contribution is 2.23. The third-order valence-electron chi connectivity index (χ3n) is 4.73. The number of carboxylic acid groups (broad SMARTS) is 1.